The summed E-state index contributed by atoms with van der Waals surface area (Å²) in [6.07, 6.45) is 1.84. The zero-order chi connectivity index (χ0) is 19.0. The number of rotatable bonds is 4. The minimum atomic E-state index is -3.85. The van der Waals surface area contributed by atoms with Gasteiger partial charge in [-0.3, -0.25) is 0 Å². The van der Waals surface area contributed by atoms with Crippen LogP contribution >= 0.6 is 0 Å². The zero-order valence-electron chi connectivity index (χ0n) is 15.1. The number of benzene rings is 2. The number of hydrogen-bond donors (Lipinski definition) is 1. The van der Waals surface area contributed by atoms with Gasteiger partial charge in [0.1, 0.15) is 5.82 Å². The van der Waals surface area contributed by atoms with Crippen LogP contribution in [0.25, 0.3) is 11.3 Å². The van der Waals surface area contributed by atoms with E-state index in [-0.39, 0.29) is 9.79 Å². The topological polar surface area (TPSA) is 51.1 Å². The molecule has 140 valence electrons. The molecule has 4 nitrogen and oxygen atoms in total. The Morgan fingerprint density at radius 3 is 2.70 bits per heavy atom. The van der Waals surface area contributed by atoms with Gasteiger partial charge in [0.05, 0.1) is 15.5 Å². The first-order valence-electron chi connectivity index (χ1n) is 8.98. The second kappa shape index (κ2) is 6.94. The third kappa shape index (κ3) is 3.09. The molecule has 0 spiro atoms. The molecular formula is C21H21FN2O2S. The molecule has 0 atom stereocenters. The molecule has 6 heteroatoms. The summed E-state index contributed by atoms with van der Waals surface area (Å²) in [6.45, 7) is 1.31. The quantitative estimate of drug-likeness (QED) is 0.745. The summed E-state index contributed by atoms with van der Waals surface area (Å²) in [5, 5.41) is 3.12. The number of fused-ring (bicyclic) bond motifs is 3. The Morgan fingerprint density at radius 2 is 1.93 bits per heavy atom. The van der Waals surface area contributed by atoms with Gasteiger partial charge in [-0.15, -0.1) is 0 Å². The van der Waals surface area contributed by atoms with Gasteiger partial charge in [0.25, 0.3) is 0 Å². The molecule has 27 heavy (non-hydrogen) atoms. The molecule has 1 aromatic heterocycles. The van der Waals surface area contributed by atoms with Crippen molar-refractivity contribution in [2.75, 3.05) is 7.05 Å². The van der Waals surface area contributed by atoms with Crippen molar-refractivity contribution >= 4 is 9.84 Å². The second-order valence-corrected chi connectivity index (χ2v) is 8.67. The van der Waals surface area contributed by atoms with Gasteiger partial charge in [0.15, 0.2) is 0 Å². The van der Waals surface area contributed by atoms with E-state index in [2.05, 4.69) is 9.88 Å². The molecule has 0 radical (unpaired) electrons. The maximum atomic E-state index is 13.7. The lowest BCUT2D eigenvalue weighted by Gasteiger charge is -2.13. The van der Waals surface area contributed by atoms with Crippen molar-refractivity contribution in [3.8, 4) is 11.3 Å². The van der Waals surface area contributed by atoms with Crippen LogP contribution in [0.15, 0.2) is 64.4 Å². The molecule has 3 aromatic rings. The average Bonchev–Trinajstić information content (AvgIpc) is 2.90. The molecule has 0 aliphatic carbocycles. The largest absolute Gasteiger partial charge is 0.342 e. The van der Waals surface area contributed by atoms with Crippen molar-refractivity contribution in [3.63, 3.8) is 0 Å². The smallest absolute Gasteiger partial charge is 0.208 e. The number of nitrogens with one attached hydrogen (secondary N) is 1. The Hall–Kier alpha value is -2.44. The van der Waals surface area contributed by atoms with Gasteiger partial charge in [0.2, 0.25) is 9.84 Å². The molecule has 2 aromatic carbocycles. The maximum absolute atomic E-state index is 13.7. The number of halogens is 1. The lowest BCUT2D eigenvalue weighted by atomic mass is 10.0. The van der Waals surface area contributed by atoms with Gasteiger partial charge >= 0.3 is 0 Å². The molecule has 1 aliphatic heterocycles. The van der Waals surface area contributed by atoms with Gasteiger partial charge in [0, 0.05) is 24.3 Å². The van der Waals surface area contributed by atoms with Crippen molar-refractivity contribution in [3.05, 3.63) is 71.7 Å². The maximum Gasteiger partial charge on any atom is 0.208 e. The number of aryl methyl sites for hydroxylation is 1. The second-order valence-electron chi connectivity index (χ2n) is 6.75. The molecule has 0 saturated carbocycles. The van der Waals surface area contributed by atoms with Crippen molar-refractivity contribution in [1.29, 1.82) is 0 Å². The predicted molar refractivity (Wildman–Crippen MR) is 103 cm³/mol. The van der Waals surface area contributed by atoms with Gasteiger partial charge in [-0.25, -0.2) is 12.8 Å². The number of sulfone groups is 1. The number of hydrogen-bond acceptors (Lipinski definition) is 3. The van der Waals surface area contributed by atoms with Gasteiger partial charge in [-0.2, -0.15) is 0 Å². The fourth-order valence-electron chi connectivity index (χ4n) is 3.80. The van der Waals surface area contributed by atoms with Crippen LogP contribution in [0, 0.1) is 5.82 Å². The van der Waals surface area contributed by atoms with E-state index in [0.29, 0.717) is 12.2 Å². The molecule has 0 bridgehead atoms. The van der Waals surface area contributed by atoms with Crippen LogP contribution in [0.2, 0.25) is 0 Å². The predicted octanol–water partition coefficient (Wildman–Crippen LogP) is 3.79. The van der Waals surface area contributed by atoms with Crippen molar-refractivity contribution in [2.45, 2.75) is 35.7 Å². The Morgan fingerprint density at radius 1 is 1.11 bits per heavy atom. The van der Waals surface area contributed by atoms with E-state index in [9.17, 15) is 12.8 Å². The third-order valence-corrected chi connectivity index (χ3v) is 6.77. The van der Waals surface area contributed by atoms with E-state index in [1.165, 1.54) is 18.2 Å². The molecule has 1 N–H and O–H groups in total. The summed E-state index contributed by atoms with van der Waals surface area (Å²) in [5.41, 5.74) is 3.70. The highest BCUT2D eigenvalue weighted by atomic mass is 32.2. The first-order chi connectivity index (χ1) is 13.0. The molecular weight excluding hydrogens is 363 g/mol. The minimum absolute atomic E-state index is 0.0198. The summed E-state index contributed by atoms with van der Waals surface area (Å²) in [7, 11) is -2.01. The van der Waals surface area contributed by atoms with Crippen LogP contribution in [-0.2, 0) is 29.3 Å². The van der Waals surface area contributed by atoms with E-state index in [0.717, 1.165) is 42.3 Å². The normalized spacial score (nSPS) is 13.7. The lowest BCUT2D eigenvalue weighted by molar-refractivity contribution is 0.590. The van der Waals surface area contributed by atoms with Crippen LogP contribution in [-0.4, -0.2) is 20.0 Å². The van der Waals surface area contributed by atoms with Crippen LogP contribution in [0.4, 0.5) is 4.39 Å². The van der Waals surface area contributed by atoms with Gasteiger partial charge < -0.3 is 9.88 Å². The minimum Gasteiger partial charge on any atom is -0.342 e. The van der Waals surface area contributed by atoms with Crippen molar-refractivity contribution < 1.29 is 12.8 Å². The summed E-state index contributed by atoms with van der Waals surface area (Å²) >= 11 is 0. The monoisotopic (exact) mass is 384 g/mol. The third-order valence-electron chi connectivity index (χ3n) is 5.00. The average molecular weight is 384 g/mol. The van der Waals surface area contributed by atoms with E-state index >= 15 is 0 Å². The number of aromatic nitrogens is 1. The highest BCUT2D eigenvalue weighted by molar-refractivity contribution is 7.91. The standard InChI is InChI=1S/C21H21FN2O2S/c1-23-14-17-13-20(27(25,26)18-9-4-8-16(22)12-18)21-19-10-3-2-6-15(19)7-5-11-24(17)21/h2-4,6,8-10,12-13,23H,5,7,11,14H2,1H3. The summed E-state index contributed by atoms with van der Waals surface area (Å²) in [5.74, 6) is -0.558. The highest BCUT2D eigenvalue weighted by Crippen LogP contribution is 2.38. The van der Waals surface area contributed by atoms with Crippen LogP contribution in [0.3, 0.4) is 0 Å². The summed E-state index contributed by atoms with van der Waals surface area (Å²) in [6, 6.07) is 14.9. The van der Waals surface area contributed by atoms with E-state index in [4.69, 9.17) is 0 Å². The van der Waals surface area contributed by atoms with Crippen LogP contribution in [0.1, 0.15) is 17.7 Å². The highest BCUT2D eigenvalue weighted by Gasteiger charge is 2.29. The molecule has 0 fully saturated rings. The summed E-state index contributed by atoms with van der Waals surface area (Å²) < 4.78 is 42.6. The van der Waals surface area contributed by atoms with Gasteiger partial charge in [-0.1, -0.05) is 30.3 Å². The summed E-state index contributed by atoms with van der Waals surface area (Å²) in [4.78, 5) is 0.223. The lowest BCUT2D eigenvalue weighted by Crippen LogP contribution is -2.11. The van der Waals surface area contributed by atoms with Gasteiger partial charge in [-0.05, 0) is 49.7 Å². The Balaban J connectivity index is 2.01. The molecule has 0 saturated heterocycles. The molecule has 1 aliphatic rings. The molecule has 0 unspecified atom stereocenters. The Labute approximate surface area is 158 Å². The SMILES string of the molecule is CNCc1cc(S(=O)(=O)c2cccc(F)c2)c2n1CCCc1ccccc1-2. The van der Waals surface area contributed by atoms with Crippen LogP contribution < -0.4 is 5.32 Å². The molecule has 0 amide bonds. The van der Waals surface area contributed by atoms with Crippen molar-refractivity contribution in [2.24, 2.45) is 0 Å². The Bertz CT molecular complexity index is 1100. The molecule has 2 heterocycles. The fraction of sp³-hybridized carbons (Fsp3) is 0.238. The number of nitrogens with zero attached hydrogens (tertiary/aromatic N) is 1. The first kappa shape index (κ1) is 17.9. The zero-order valence-corrected chi connectivity index (χ0v) is 15.9. The van der Waals surface area contributed by atoms with E-state index < -0.39 is 15.7 Å². The molecule has 4 rings (SSSR count). The Kier molecular flexibility index (Phi) is 4.61. The van der Waals surface area contributed by atoms with E-state index in [1.807, 2.05) is 31.3 Å². The van der Waals surface area contributed by atoms with Crippen molar-refractivity contribution in [1.82, 2.24) is 9.88 Å². The van der Waals surface area contributed by atoms with Crippen LogP contribution in [0.5, 0.6) is 0 Å². The fourth-order valence-corrected chi connectivity index (χ4v) is 5.34. The first-order valence-corrected chi connectivity index (χ1v) is 10.5. The van der Waals surface area contributed by atoms with E-state index in [1.54, 1.807) is 6.07 Å².